The highest BCUT2D eigenvalue weighted by Crippen LogP contribution is 2.20. The Kier molecular flexibility index (Phi) is 5.03. The SMILES string of the molecule is COCCc1nsc(Nc2ccc(NC(C)=O)cc2)n1. The van der Waals surface area contributed by atoms with E-state index in [0.717, 1.165) is 22.3 Å². The van der Waals surface area contributed by atoms with Gasteiger partial charge in [0, 0.05) is 43.4 Å². The number of amides is 1. The summed E-state index contributed by atoms with van der Waals surface area (Å²) in [7, 11) is 1.65. The van der Waals surface area contributed by atoms with Crippen molar-refractivity contribution in [1.29, 1.82) is 0 Å². The molecule has 7 heteroatoms. The van der Waals surface area contributed by atoms with E-state index >= 15 is 0 Å². The number of rotatable bonds is 6. The molecule has 1 amide bonds. The molecular formula is C13H16N4O2S. The van der Waals surface area contributed by atoms with Crippen LogP contribution in [0.3, 0.4) is 0 Å². The molecule has 20 heavy (non-hydrogen) atoms. The highest BCUT2D eigenvalue weighted by atomic mass is 32.1. The van der Waals surface area contributed by atoms with Crippen LogP contribution < -0.4 is 10.6 Å². The van der Waals surface area contributed by atoms with Gasteiger partial charge in [-0.3, -0.25) is 4.79 Å². The summed E-state index contributed by atoms with van der Waals surface area (Å²) in [6.07, 6.45) is 0.705. The van der Waals surface area contributed by atoms with E-state index in [0.29, 0.717) is 13.0 Å². The number of benzene rings is 1. The van der Waals surface area contributed by atoms with Crippen molar-refractivity contribution in [3.05, 3.63) is 30.1 Å². The standard InChI is InChI=1S/C13H16N4O2S/c1-9(18)14-10-3-5-11(6-4-10)15-13-16-12(17-20-13)7-8-19-2/h3-6H,7-8H2,1-2H3,(H,14,18)(H,15,16,17). The largest absolute Gasteiger partial charge is 0.384 e. The molecule has 0 fully saturated rings. The number of ether oxygens (including phenoxy) is 1. The fourth-order valence-electron chi connectivity index (χ4n) is 1.56. The maximum absolute atomic E-state index is 10.9. The molecule has 1 aromatic heterocycles. The van der Waals surface area contributed by atoms with Crippen LogP contribution in [0.2, 0.25) is 0 Å². The van der Waals surface area contributed by atoms with E-state index in [2.05, 4.69) is 20.0 Å². The highest BCUT2D eigenvalue weighted by molar-refractivity contribution is 7.09. The van der Waals surface area contributed by atoms with Gasteiger partial charge < -0.3 is 15.4 Å². The molecule has 0 bridgehead atoms. The monoisotopic (exact) mass is 292 g/mol. The molecule has 0 unspecified atom stereocenters. The lowest BCUT2D eigenvalue weighted by atomic mass is 10.3. The van der Waals surface area contributed by atoms with Crippen LogP contribution in [0.25, 0.3) is 0 Å². The van der Waals surface area contributed by atoms with E-state index < -0.39 is 0 Å². The molecule has 2 rings (SSSR count). The summed E-state index contributed by atoms with van der Waals surface area (Å²) in [6.45, 7) is 2.09. The van der Waals surface area contributed by atoms with Gasteiger partial charge in [0.05, 0.1) is 6.61 Å². The Balaban J connectivity index is 1.95. The number of nitrogens with zero attached hydrogens (tertiary/aromatic N) is 2. The van der Waals surface area contributed by atoms with Gasteiger partial charge in [0.15, 0.2) is 0 Å². The number of aromatic nitrogens is 2. The summed E-state index contributed by atoms with van der Waals surface area (Å²) in [5.74, 6) is 0.687. The first-order chi connectivity index (χ1) is 9.67. The second kappa shape index (κ2) is 6.97. The fourth-order valence-corrected chi connectivity index (χ4v) is 2.20. The van der Waals surface area contributed by atoms with Crippen molar-refractivity contribution < 1.29 is 9.53 Å². The minimum absolute atomic E-state index is 0.0855. The number of methoxy groups -OCH3 is 1. The lowest BCUT2D eigenvalue weighted by Crippen LogP contribution is -2.05. The van der Waals surface area contributed by atoms with Crippen molar-refractivity contribution in [2.24, 2.45) is 0 Å². The van der Waals surface area contributed by atoms with Gasteiger partial charge in [0.25, 0.3) is 0 Å². The first-order valence-electron chi connectivity index (χ1n) is 6.13. The number of carbonyl (C=O) groups is 1. The van der Waals surface area contributed by atoms with Gasteiger partial charge in [0.2, 0.25) is 11.0 Å². The predicted molar refractivity (Wildman–Crippen MR) is 79.5 cm³/mol. The quantitative estimate of drug-likeness (QED) is 0.855. The van der Waals surface area contributed by atoms with Crippen LogP contribution >= 0.6 is 11.5 Å². The zero-order chi connectivity index (χ0) is 14.4. The van der Waals surface area contributed by atoms with E-state index in [-0.39, 0.29) is 5.91 Å². The molecule has 0 aliphatic rings. The minimum Gasteiger partial charge on any atom is -0.384 e. The molecule has 6 nitrogen and oxygen atoms in total. The topological polar surface area (TPSA) is 76.1 Å². The molecule has 0 aliphatic carbocycles. The molecule has 106 valence electrons. The number of nitrogens with one attached hydrogen (secondary N) is 2. The van der Waals surface area contributed by atoms with Crippen molar-refractivity contribution in [3.8, 4) is 0 Å². The molecule has 0 saturated carbocycles. The summed E-state index contributed by atoms with van der Waals surface area (Å²) >= 11 is 1.31. The molecule has 2 aromatic rings. The van der Waals surface area contributed by atoms with Crippen molar-refractivity contribution in [2.75, 3.05) is 24.4 Å². The number of carbonyl (C=O) groups excluding carboxylic acids is 1. The number of anilines is 3. The summed E-state index contributed by atoms with van der Waals surface area (Å²) < 4.78 is 9.23. The zero-order valence-electron chi connectivity index (χ0n) is 11.3. The van der Waals surface area contributed by atoms with Crippen LogP contribution in [-0.2, 0) is 16.0 Å². The Morgan fingerprint density at radius 2 is 2.00 bits per heavy atom. The normalized spacial score (nSPS) is 10.3. The van der Waals surface area contributed by atoms with Gasteiger partial charge in [0.1, 0.15) is 5.82 Å². The Hall–Kier alpha value is -1.99. The van der Waals surface area contributed by atoms with Gasteiger partial charge >= 0.3 is 0 Å². The maximum atomic E-state index is 10.9. The van der Waals surface area contributed by atoms with Crippen LogP contribution in [0.5, 0.6) is 0 Å². The average Bonchev–Trinajstić information content (AvgIpc) is 2.86. The lowest BCUT2D eigenvalue weighted by Gasteiger charge is -2.04. The highest BCUT2D eigenvalue weighted by Gasteiger charge is 2.04. The Morgan fingerprint density at radius 1 is 1.30 bits per heavy atom. The maximum Gasteiger partial charge on any atom is 0.221 e. The summed E-state index contributed by atoms with van der Waals surface area (Å²) in [6, 6.07) is 7.41. The second-order valence-electron chi connectivity index (χ2n) is 4.14. The molecule has 1 aromatic carbocycles. The van der Waals surface area contributed by atoms with Crippen molar-refractivity contribution in [3.63, 3.8) is 0 Å². The van der Waals surface area contributed by atoms with Gasteiger partial charge in [-0.05, 0) is 24.3 Å². The third-order valence-electron chi connectivity index (χ3n) is 2.45. The Labute approximate surface area is 121 Å². The second-order valence-corrected chi connectivity index (χ2v) is 4.89. The predicted octanol–water partition coefficient (Wildman–Crippen LogP) is 2.43. The first-order valence-corrected chi connectivity index (χ1v) is 6.91. The Morgan fingerprint density at radius 3 is 2.65 bits per heavy atom. The lowest BCUT2D eigenvalue weighted by molar-refractivity contribution is -0.114. The van der Waals surface area contributed by atoms with Crippen molar-refractivity contribution in [2.45, 2.75) is 13.3 Å². The van der Waals surface area contributed by atoms with Crippen LogP contribution in [-0.4, -0.2) is 29.0 Å². The molecular weight excluding hydrogens is 276 g/mol. The number of hydrogen-bond donors (Lipinski definition) is 2. The van der Waals surface area contributed by atoms with Gasteiger partial charge in [-0.15, -0.1) is 0 Å². The zero-order valence-corrected chi connectivity index (χ0v) is 12.2. The minimum atomic E-state index is -0.0855. The summed E-state index contributed by atoms with van der Waals surface area (Å²) in [5, 5.41) is 6.63. The van der Waals surface area contributed by atoms with E-state index in [4.69, 9.17) is 4.74 Å². The third-order valence-corrected chi connectivity index (χ3v) is 3.12. The molecule has 2 N–H and O–H groups in total. The van der Waals surface area contributed by atoms with E-state index in [1.54, 1.807) is 7.11 Å². The van der Waals surface area contributed by atoms with Gasteiger partial charge in [-0.1, -0.05) is 0 Å². The summed E-state index contributed by atoms with van der Waals surface area (Å²) in [4.78, 5) is 15.3. The van der Waals surface area contributed by atoms with Gasteiger partial charge in [-0.25, -0.2) is 4.98 Å². The smallest absolute Gasteiger partial charge is 0.221 e. The van der Waals surface area contributed by atoms with Crippen molar-refractivity contribution >= 4 is 33.9 Å². The van der Waals surface area contributed by atoms with Crippen molar-refractivity contribution in [1.82, 2.24) is 9.36 Å². The first kappa shape index (κ1) is 14.4. The molecule has 0 aliphatic heterocycles. The summed E-state index contributed by atoms with van der Waals surface area (Å²) in [5.41, 5.74) is 1.66. The average molecular weight is 292 g/mol. The molecule has 0 atom stereocenters. The third kappa shape index (κ3) is 4.29. The Bertz CT molecular complexity index is 568. The molecule has 0 saturated heterocycles. The fraction of sp³-hybridized carbons (Fsp3) is 0.308. The van der Waals surface area contributed by atoms with E-state index in [1.165, 1.54) is 18.5 Å². The van der Waals surface area contributed by atoms with Gasteiger partial charge in [-0.2, -0.15) is 4.37 Å². The molecule has 1 heterocycles. The van der Waals surface area contributed by atoms with Crippen LogP contribution in [0.4, 0.5) is 16.5 Å². The molecule has 0 radical (unpaired) electrons. The van der Waals surface area contributed by atoms with Crippen LogP contribution in [0.15, 0.2) is 24.3 Å². The molecule has 0 spiro atoms. The van der Waals surface area contributed by atoms with E-state index in [1.807, 2.05) is 24.3 Å². The van der Waals surface area contributed by atoms with Crippen LogP contribution in [0.1, 0.15) is 12.7 Å². The van der Waals surface area contributed by atoms with Crippen LogP contribution in [0, 0.1) is 0 Å². The van der Waals surface area contributed by atoms with E-state index in [9.17, 15) is 4.79 Å². The number of hydrogen-bond acceptors (Lipinski definition) is 6.